The molecule has 0 unspecified atom stereocenters. The molecule has 2 aromatic rings. The summed E-state index contributed by atoms with van der Waals surface area (Å²) in [6.45, 7) is 3.21. The minimum atomic E-state index is 0.917. The molecule has 0 bridgehead atoms. The van der Waals surface area contributed by atoms with Crippen molar-refractivity contribution in [2.45, 2.75) is 26.3 Å². The van der Waals surface area contributed by atoms with Gasteiger partial charge in [-0.1, -0.05) is 19.4 Å². The van der Waals surface area contributed by atoms with Crippen molar-refractivity contribution in [3.05, 3.63) is 40.2 Å². The van der Waals surface area contributed by atoms with Crippen molar-refractivity contribution in [1.29, 1.82) is 0 Å². The molecule has 4 heteroatoms. The normalized spacial score (nSPS) is 10.5. The molecular weight excluding hydrogens is 325 g/mol. The minimum absolute atomic E-state index is 0.917. The standard InChI is InChI=1S/C13H16IN3/c1-2-3-8-17-9-7-15-13(17)16-12-6-4-5-11(14)10-12/h4-7,9-10H,2-3,8H2,1H3,(H,15,16). The summed E-state index contributed by atoms with van der Waals surface area (Å²) in [5, 5.41) is 3.35. The van der Waals surface area contributed by atoms with Crippen molar-refractivity contribution in [3.8, 4) is 0 Å². The molecule has 0 aliphatic heterocycles. The van der Waals surface area contributed by atoms with E-state index in [0.717, 1.165) is 18.2 Å². The molecule has 0 fully saturated rings. The predicted octanol–water partition coefficient (Wildman–Crippen LogP) is 4.03. The van der Waals surface area contributed by atoms with Crippen LogP contribution < -0.4 is 5.32 Å². The van der Waals surface area contributed by atoms with E-state index in [1.54, 1.807) is 0 Å². The van der Waals surface area contributed by atoms with E-state index in [9.17, 15) is 0 Å². The van der Waals surface area contributed by atoms with Gasteiger partial charge in [0.05, 0.1) is 0 Å². The summed E-state index contributed by atoms with van der Waals surface area (Å²) in [4.78, 5) is 4.34. The Bertz CT molecular complexity index is 479. The van der Waals surface area contributed by atoms with E-state index in [0.29, 0.717) is 0 Å². The van der Waals surface area contributed by atoms with E-state index in [1.165, 1.54) is 16.4 Å². The van der Waals surface area contributed by atoms with E-state index in [1.807, 2.05) is 18.5 Å². The Balaban J connectivity index is 2.10. The summed E-state index contributed by atoms with van der Waals surface area (Å²) in [6, 6.07) is 8.29. The first-order chi connectivity index (χ1) is 8.29. The van der Waals surface area contributed by atoms with Crippen molar-refractivity contribution >= 4 is 34.2 Å². The number of benzene rings is 1. The summed E-state index contributed by atoms with van der Waals surface area (Å²) in [7, 11) is 0. The molecule has 0 amide bonds. The van der Waals surface area contributed by atoms with Gasteiger partial charge in [0, 0.05) is 28.2 Å². The second kappa shape index (κ2) is 6.05. The minimum Gasteiger partial charge on any atom is -0.326 e. The van der Waals surface area contributed by atoms with Gasteiger partial charge in [-0.2, -0.15) is 0 Å². The molecule has 0 radical (unpaired) electrons. The van der Waals surface area contributed by atoms with Gasteiger partial charge in [0.15, 0.2) is 0 Å². The van der Waals surface area contributed by atoms with Gasteiger partial charge in [-0.3, -0.25) is 0 Å². The van der Waals surface area contributed by atoms with Crippen LogP contribution in [0, 0.1) is 3.57 Å². The van der Waals surface area contributed by atoms with Crippen molar-refractivity contribution in [2.75, 3.05) is 5.32 Å². The monoisotopic (exact) mass is 341 g/mol. The number of rotatable bonds is 5. The van der Waals surface area contributed by atoms with Gasteiger partial charge in [0.2, 0.25) is 5.95 Å². The van der Waals surface area contributed by atoms with Crippen LogP contribution in [0.1, 0.15) is 19.8 Å². The lowest BCUT2D eigenvalue weighted by Crippen LogP contribution is -2.03. The van der Waals surface area contributed by atoms with E-state index < -0.39 is 0 Å². The highest BCUT2D eigenvalue weighted by Gasteiger charge is 2.02. The number of aryl methyl sites for hydroxylation is 1. The average molecular weight is 341 g/mol. The first-order valence-electron chi connectivity index (χ1n) is 5.83. The second-order valence-electron chi connectivity index (χ2n) is 3.93. The van der Waals surface area contributed by atoms with E-state index in [-0.39, 0.29) is 0 Å². The predicted molar refractivity (Wildman–Crippen MR) is 79.6 cm³/mol. The molecular formula is C13H16IN3. The summed E-state index contributed by atoms with van der Waals surface area (Å²) in [5.74, 6) is 0.917. The van der Waals surface area contributed by atoms with E-state index in [4.69, 9.17) is 0 Å². The zero-order valence-electron chi connectivity index (χ0n) is 9.86. The molecule has 1 heterocycles. The molecule has 0 saturated carbocycles. The van der Waals surface area contributed by atoms with Crippen LogP contribution in [0.4, 0.5) is 11.6 Å². The third kappa shape index (κ3) is 3.46. The zero-order chi connectivity index (χ0) is 12.1. The molecule has 0 atom stereocenters. The topological polar surface area (TPSA) is 29.9 Å². The summed E-state index contributed by atoms with van der Waals surface area (Å²) < 4.78 is 3.38. The number of unbranched alkanes of at least 4 members (excludes halogenated alkanes) is 1. The van der Waals surface area contributed by atoms with Gasteiger partial charge in [-0.25, -0.2) is 4.98 Å². The zero-order valence-corrected chi connectivity index (χ0v) is 12.0. The van der Waals surface area contributed by atoms with E-state index >= 15 is 0 Å². The van der Waals surface area contributed by atoms with Crippen LogP contribution in [0.15, 0.2) is 36.7 Å². The molecule has 0 aliphatic carbocycles. The summed E-state index contributed by atoms with van der Waals surface area (Å²) in [6.07, 6.45) is 6.23. The van der Waals surface area contributed by atoms with Crippen LogP contribution in [-0.2, 0) is 6.54 Å². The Morgan fingerprint density at radius 1 is 1.41 bits per heavy atom. The number of hydrogen-bond donors (Lipinski definition) is 1. The molecule has 17 heavy (non-hydrogen) atoms. The molecule has 3 nitrogen and oxygen atoms in total. The third-order valence-electron chi connectivity index (χ3n) is 2.55. The number of anilines is 2. The maximum Gasteiger partial charge on any atom is 0.207 e. The Hall–Kier alpha value is -1.04. The highest BCUT2D eigenvalue weighted by molar-refractivity contribution is 14.1. The first kappa shape index (κ1) is 12.4. The van der Waals surface area contributed by atoms with Gasteiger partial charge in [0.1, 0.15) is 0 Å². The fourth-order valence-corrected chi connectivity index (χ4v) is 2.18. The van der Waals surface area contributed by atoms with E-state index in [2.05, 4.69) is 62.6 Å². The molecule has 0 saturated heterocycles. The lowest BCUT2D eigenvalue weighted by molar-refractivity contribution is 0.638. The van der Waals surface area contributed by atoms with Gasteiger partial charge in [-0.05, 0) is 47.2 Å². The first-order valence-corrected chi connectivity index (χ1v) is 6.91. The molecule has 1 aromatic carbocycles. The quantitative estimate of drug-likeness (QED) is 0.832. The van der Waals surface area contributed by atoms with Crippen LogP contribution >= 0.6 is 22.6 Å². The Kier molecular flexibility index (Phi) is 4.42. The number of halogens is 1. The van der Waals surface area contributed by atoms with Crippen molar-refractivity contribution < 1.29 is 0 Å². The van der Waals surface area contributed by atoms with Crippen LogP contribution in [0.5, 0.6) is 0 Å². The lowest BCUT2D eigenvalue weighted by atomic mass is 10.3. The van der Waals surface area contributed by atoms with Crippen molar-refractivity contribution in [2.24, 2.45) is 0 Å². The molecule has 2 rings (SSSR count). The highest BCUT2D eigenvalue weighted by atomic mass is 127. The van der Waals surface area contributed by atoms with Gasteiger partial charge in [-0.15, -0.1) is 0 Å². The van der Waals surface area contributed by atoms with Gasteiger partial charge in [0.25, 0.3) is 0 Å². The SMILES string of the molecule is CCCCn1ccnc1Nc1cccc(I)c1. The summed E-state index contributed by atoms with van der Waals surface area (Å²) in [5.41, 5.74) is 1.08. The van der Waals surface area contributed by atoms with Crippen molar-refractivity contribution in [1.82, 2.24) is 9.55 Å². The molecule has 1 aromatic heterocycles. The maximum absolute atomic E-state index is 4.34. The summed E-state index contributed by atoms with van der Waals surface area (Å²) >= 11 is 2.31. The molecule has 1 N–H and O–H groups in total. The Morgan fingerprint density at radius 2 is 2.29 bits per heavy atom. The van der Waals surface area contributed by atoms with Crippen LogP contribution in [0.25, 0.3) is 0 Å². The third-order valence-corrected chi connectivity index (χ3v) is 3.22. The fourth-order valence-electron chi connectivity index (χ4n) is 1.64. The largest absolute Gasteiger partial charge is 0.326 e. The molecule has 0 aliphatic rings. The second-order valence-corrected chi connectivity index (χ2v) is 5.18. The van der Waals surface area contributed by atoms with Gasteiger partial charge >= 0.3 is 0 Å². The average Bonchev–Trinajstić information content (AvgIpc) is 2.74. The highest BCUT2D eigenvalue weighted by Crippen LogP contribution is 2.17. The van der Waals surface area contributed by atoms with Crippen LogP contribution in [0.3, 0.4) is 0 Å². The number of nitrogens with zero attached hydrogens (tertiary/aromatic N) is 2. The number of hydrogen-bond acceptors (Lipinski definition) is 2. The Morgan fingerprint density at radius 3 is 3.06 bits per heavy atom. The van der Waals surface area contributed by atoms with Crippen molar-refractivity contribution in [3.63, 3.8) is 0 Å². The molecule has 90 valence electrons. The van der Waals surface area contributed by atoms with Crippen LogP contribution in [-0.4, -0.2) is 9.55 Å². The Labute approximate surface area is 115 Å². The fraction of sp³-hybridized carbons (Fsp3) is 0.308. The number of imidazole rings is 1. The maximum atomic E-state index is 4.34. The van der Waals surface area contributed by atoms with Gasteiger partial charge < -0.3 is 9.88 Å². The van der Waals surface area contributed by atoms with Crippen LogP contribution in [0.2, 0.25) is 0 Å². The molecule has 0 spiro atoms. The number of nitrogens with one attached hydrogen (secondary N) is 1. The number of aromatic nitrogens is 2. The smallest absolute Gasteiger partial charge is 0.207 e. The lowest BCUT2D eigenvalue weighted by Gasteiger charge is -2.09.